The quantitative estimate of drug-likeness (QED) is 0.655. The van der Waals surface area contributed by atoms with Crippen LogP contribution in [-0.4, -0.2) is 47.7 Å². The summed E-state index contributed by atoms with van der Waals surface area (Å²) in [5, 5.41) is 14.7. The van der Waals surface area contributed by atoms with Crippen LogP contribution in [0.2, 0.25) is 0 Å². The molecule has 2 aromatic rings. The van der Waals surface area contributed by atoms with Crippen LogP contribution >= 0.6 is 23.1 Å². The Morgan fingerprint density at radius 1 is 1.07 bits per heavy atom. The highest BCUT2D eigenvalue weighted by molar-refractivity contribution is 8.00. The second kappa shape index (κ2) is 10.1. The van der Waals surface area contributed by atoms with E-state index in [1.54, 1.807) is 25.3 Å². The molecule has 2 amide bonds. The number of aromatic nitrogens is 2. The van der Waals surface area contributed by atoms with Crippen molar-refractivity contribution in [2.24, 2.45) is 0 Å². The van der Waals surface area contributed by atoms with Crippen LogP contribution in [0.5, 0.6) is 11.5 Å². The molecule has 0 radical (unpaired) electrons. The number of carbonyl (C=O) groups excluding carboxylic acids is 2. The fourth-order valence-corrected chi connectivity index (χ4v) is 3.40. The zero-order valence-electron chi connectivity index (χ0n) is 15.6. The van der Waals surface area contributed by atoms with E-state index in [0.29, 0.717) is 22.3 Å². The number of hydrogen-bond donors (Lipinski definition) is 2. The van der Waals surface area contributed by atoms with Gasteiger partial charge in [0.2, 0.25) is 16.9 Å². The van der Waals surface area contributed by atoms with E-state index >= 15 is 0 Å². The van der Waals surface area contributed by atoms with Gasteiger partial charge in [-0.25, -0.2) is 0 Å². The molecule has 27 heavy (non-hydrogen) atoms. The highest BCUT2D eigenvalue weighted by atomic mass is 32.2. The lowest BCUT2D eigenvalue weighted by Crippen LogP contribution is -2.18. The van der Waals surface area contributed by atoms with Gasteiger partial charge in [0.15, 0.2) is 11.5 Å². The topological polar surface area (TPSA) is 102 Å². The Bertz CT molecular complexity index is 795. The third-order valence-electron chi connectivity index (χ3n) is 3.31. The summed E-state index contributed by atoms with van der Waals surface area (Å²) < 4.78 is 10.4. The summed E-state index contributed by atoms with van der Waals surface area (Å²) in [6.45, 7) is 4.03. The van der Waals surface area contributed by atoms with Crippen LogP contribution in [0.3, 0.4) is 0 Å². The number of thioether (sulfide) groups is 1. The lowest BCUT2D eigenvalue weighted by atomic mass is 10.2. The number of nitrogens with zero attached hydrogens (tertiary/aromatic N) is 2. The molecule has 2 N–H and O–H groups in total. The molecule has 0 saturated heterocycles. The normalized spacial score (nSPS) is 10.6. The second-order valence-electron chi connectivity index (χ2n) is 5.76. The Kier molecular flexibility index (Phi) is 7.86. The van der Waals surface area contributed by atoms with Gasteiger partial charge < -0.3 is 14.8 Å². The molecule has 0 aliphatic heterocycles. The first-order valence-electron chi connectivity index (χ1n) is 8.15. The van der Waals surface area contributed by atoms with Gasteiger partial charge in [-0.15, -0.1) is 22.0 Å². The smallest absolute Gasteiger partial charge is 0.236 e. The van der Waals surface area contributed by atoms with Crippen molar-refractivity contribution in [3.05, 3.63) is 23.2 Å². The minimum Gasteiger partial charge on any atom is -0.493 e. The van der Waals surface area contributed by atoms with E-state index in [4.69, 9.17) is 9.47 Å². The van der Waals surface area contributed by atoms with Crippen LogP contribution in [0.4, 0.5) is 10.8 Å². The first kappa shape index (κ1) is 21.0. The molecule has 8 nitrogen and oxygen atoms in total. The van der Waals surface area contributed by atoms with E-state index in [1.165, 1.54) is 30.2 Å². The summed E-state index contributed by atoms with van der Waals surface area (Å²) in [7, 11) is 3.07. The predicted molar refractivity (Wildman–Crippen MR) is 108 cm³/mol. The van der Waals surface area contributed by atoms with Crippen molar-refractivity contribution < 1.29 is 19.1 Å². The third-order valence-corrected chi connectivity index (χ3v) is 5.39. The minimum absolute atomic E-state index is 0.148. The van der Waals surface area contributed by atoms with E-state index in [-0.39, 0.29) is 29.2 Å². The zero-order chi connectivity index (χ0) is 19.8. The largest absolute Gasteiger partial charge is 0.493 e. The summed E-state index contributed by atoms with van der Waals surface area (Å²) in [5.41, 5.74) is 0.595. The maximum absolute atomic E-state index is 12.0. The molecular formula is C17H22N4O4S2. The fraction of sp³-hybridized carbons (Fsp3) is 0.412. The highest BCUT2D eigenvalue weighted by Gasteiger charge is 2.12. The van der Waals surface area contributed by atoms with Gasteiger partial charge in [0, 0.05) is 17.7 Å². The Morgan fingerprint density at radius 3 is 2.33 bits per heavy atom. The molecule has 0 spiro atoms. The summed E-state index contributed by atoms with van der Waals surface area (Å²) in [6, 6.07) is 5.11. The van der Waals surface area contributed by atoms with Gasteiger partial charge in [-0.2, -0.15) is 0 Å². The standard InChI is InChI=1S/C17H22N4O4S2/c1-10(2)16-20-21-17(27-16)19-15(23)9-26-8-14(22)18-11-5-6-12(24-3)13(7-11)25-4/h5-7,10H,8-9H2,1-4H3,(H,18,22)(H,19,21,23). The summed E-state index contributed by atoms with van der Waals surface area (Å²) in [6.07, 6.45) is 0. The number of methoxy groups -OCH3 is 2. The lowest BCUT2D eigenvalue weighted by Gasteiger charge is -2.10. The number of ether oxygens (including phenoxy) is 2. The second-order valence-corrected chi connectivity index (χ2v) is 7.75. The highest BCUT2D eigenvalue weighted by Crippen LogP contribution is 2.29. The number of hydrogen-bond acceptors (Lipinski definition) is 8. The molecule has 1 aromatic heterocycles. The third kappa shape index (κ3) is 6.40. The molecule has 0 bridgehead atoms. The van der Waals surface area contributed by atoms with Crippen molar-refractivity contribution >= 4 is 45.7 Å². The molecule has 0 unspecified atom stereocenters. The molecule has 1 aromatic carbocycles. The maximum atomic E-state index is 12.0. The Labute approximate surface area is 166 Å². The van der Waals surface area contributed by atoms with Gasteiger partial charge in [0.1, 0.15) is 5.01 Å². The molecule has 0 atom stereocenters. The number of benzene rings is 1. The first-order valence-corrected chi connectivity index (χ1v) is 10.1. The van der Waals surface area contributed by atoms with Crippen molar-refractivity contribution in [1.82, 2.24) is 10.2 Å². The van der Waals surface area contributed by atoms with E-state index in [1.807, 2.05) is 13.8 Å². The molecular weight excluding hydrogens is 388 g/mol. The molecule has 0 aliphatic carbocycles. The Morgan fingerprint density at radius 2 is 1.74 bits per heavy atom. The maximum Gasteiger partial charge on any atom is 0.236 e. The van der Waals surface area contributed by atoms with Gasteiger partial charge in [-0.3, -0.25) is 14.9 Å². The van der Waals surface area contributed by atoms with E-state index in [2.05, 4.69) is 20.8 Å². The van der Waals surface area contributed by atoms with E-state index in [0.717, 1.165) is 5.01 Å². The monoisotopic (exact) mass is 410 g/mol. The number of nitrogens with one attached hydrogen (secondary N) is 2. The van der Waals surface area contributed by atoms with Gasteiger partial charge in [0.25, 0.3) is 0 Å². The molecule has 0 saturated carbocycles. The van der Waals surface area contributed by atoms with Gasteiger partial charge in [-0.05, 0) is 12.1 Å². The van der Waals surface area contributed by atoms with Crippen LogP contribution < -0.4 is 20.1 Å². The summed E-state index contributed by atoms with van der Waals surface area (Å²) >= 11 is 2.57. The zero-order valence-corrected chi connectivity index (χ0v) is 17.2. The number of carbonyl (C=O) groups is 2. The summed E-state index contributed by atoms with van der Waals surface area (Å²) in [4.78, 5) is 24.0. The SMILES string of the molecule is COc1ccc(NC(=O)CSCC(=O)Nc2nnc(C(C)C)s2)cc1OC. The molecule has 0 aliphatic rings. The van der Waals surface area contributed by atoms with Crippen LogP contribution in [0, 0.1) is 0 Å². The Balaban J connectivity index is 1.76. The van der Waals surface area contributed by atoms with Crippen LogP contribution in [0.15, 0.2) is 18.2 Å². The van der Waals surface area contributed by atoms with Crippen molar-refractivity contribution in [1.29, 1.82) is 0 Å². The molecule has 146 valence electrons. The molecule has 1 heterocycles. The van der Waals surface area contributed by atoms with Gasteiger partial charge >= 0.3 is 0 Å². The number of amides is 2. The molecule has 2 rings (SSSR count). The van der Waals surface area contributed by atoms with Gasteiger partial charge in [0.05, 0.1) is 25.7 Å². The fourth-order valence-electron chi connectivity index (χ4n) is 2.02. The average molecular weight is 411 g/mol. The summed E-state index contributed by atoms with van der Waals surface area (Å²) in [5.74, 6) is 1.25. The van der Waals surface area contributed by atoms with Crippen molar-refractivity contribution in [2.75, 3.05) is 36.4 Å². The van der Waals surface area contributed by atoms with Crippen LogP contribution in [0.1, 0.15) is 24.8 Å². The lowest BCUT2D eigenvalue weighted by molar-refractivity contribution is -0.114. The minimum atomic E-state index is -0.217. The Hall–Kier alpha value is -2.33. The van der Waals surface area contributed by atoms with Gasteiger partial charge in [-0.1, -0.05) is 25.2 Å². The number of anilines is 2. The van der Waals surface area contributed by atoms with Crippen molar-refractivity contribution in [3.8, 4) is 11.5 Å². The average Bonchev–Trinajstić information content (AvgIpc) is 3.10. The van der Waals surface area contributed by atoms with E-state index < -0.39 is 0 Å². The van der Waals surface area contributed by atoms with Crippen LogP contribution in [0.25, 0.3) is 0 Å². The predicted octanol–water partition coefficient (Wildman–Crippen LogP) is 2.99. The van der Waals surface area contributed by atoms with Crippen LogP contribution in [-0.2, 0) is 9.59 Å². The number of rotatable bonds is 9. The molecule has 0 fully saturated rings. The molecule has 10 heteroatoms. The van der Waals surface area contributed by atoms with Crippen molar-refractivity contribution in [2.45, 2.75) is 19.8 Å². The first-order chi connectivity index (χ1) is 12.9. The van der Waals surface area contributed by atoms with E-state index in [9.17, 15) is 9.59 Å². The van der Waals surface area contributed by atoms with Crippen molar-refractivity contribution in [3.63, 3.8) is 0 Å².